The number of carbonyl (C=O) groups is 1. The van der Waals surface area contributed by atoms with Crippen molar-refractivity contribution in [3.63, 3.8) is 0 Å². The van der Waals surface area contributed by atoms with Gasteiger partial charge in [0.05, 0.1) is 17.0 Å². The molecule has 0 bridgehead atoms. The van der Waals surface area contributed by atoms with Gasteiger partial charge in [0.1, 0.15) is 5.75 Å². The molecule has 0 aliphatic rings. The molecule has 0 spiro atoms. The van der Waals surface area contributed by atoms with Crippen LogP contribution in [0, 0.1) is 0 Å². The zero-order valence-corrected chi connectivity index (χ0v) is 10.8. The molecule has 88 valence electrons. The van der Waals surface area contributed by atoms with Crippen LogP contribution in [0.25, 0.3) is 0 Å². The highest BCUT2D eigenvalue weighted by molar-refractivity contribution is 7.12. The van der Waals surface area contributed by atoms with Gasteiger partial charge in [-0.05, 0) is 29.1 Å². The van der Waals surface area contributed by atoms with Crippen molar-refractivity contribution in [2.24, 2.45) is 0 Å². The summed E-state index contributed by atoms with van der Waals surface area (Å²) in [6.45, 7) is 0. The molecule has 17 heavy (non-hydrogen) atoms. The molecule has 2 rings (SSSR count). The molecule has 4 heteroatoms. The van der Waals surface area contributed by atoms with Crippen molar-refractivity contribution in [3.05, 3.63) is 51.2 Å². The Kier molecular flexibility index (Phi) is 3.82. The van der Waals surface area contributed by atoms with Crippen LogP contribution in [0.15, 0.2) is 35.7 Å². The van der Waals surface area contributed by atoms with E-state index in [2.05, 4.69) is 0 Å². The van der Waals surface area contributed by atoms with E-state index < -0.39 is 0 Å². The molecule has 0 fully saturated rings. The minimum atomic E-state index is 0.0400. The fourth-order valence-corrected chi connectivity index (χ4v) is 2.64. The summed E-state index contributed by atoms with van der Waals surface area (Å²) < 4.78 is 5.12. The van der Waals surface area contributed by atoms with Crippen LogP contribution < -0.4 is 4.74 Å². The van der Waals surface area contributed by atoms with Gasteiger partial charge in [0.2, 0.25) is 0 Å². The van der Waals surface area contributed by atoms with Crippen molar-refractivity contribution >= 4 is 28.7 Å². The Morgan fingerprint density at radius 1 is 1.41 bits per heavy atom. The predicted molar refractivity (Wildman–Crippen MR) is 70.4 cm³/mol. The van der Waals surface area contributed by atoms with Gasteiger partial charge in [-0.3, -0.25) is 4.79 Å². The number of carbonyl (C=O) groups excluding carboxylic acids is 1. The molecule has 0 atom stereocenters. The third kappa shape index (κ3) is 2.87. The molecule has 0 aliphatic heterocycles. The Balaban J connectivity index is 2.16. The van der Waals surface area contributed by atoms with Gasteiger partial charge in [0.25, 0.3) is 0 Å². The van der Waals surface area contributed by atoms with Crippen molar-refractivity contribution in [1.82, 2.24) is 0 Å². The molecule has 0 radical (unpaired) electrons. The number of hydrogen-bond acceptors (Lipinski definition) is 3. The lowest BCUT2D eigenvalue weighted by molar-refractivity contribution is 0.0997. The molecule has 0 amide bonds. The molecule has 2 aromatic rings. The lowest BCUT2D eigenvalue weighted by Crippen LogP contribution is -2.01. The summed E-state index contributed by atoms with van der Waals surface area (Å²) in [5, 5.41) is 2.35. The Bertz CT molecular complexity index is 534. The summed E-state index contributed by atoms with van der Waals surface area (Å²) in [4.78, 5) is 12.6. The minimum Gasteiger partial charge on any atom is -0.497 e. The first-order chi connectivity index (χ1) is 8.20. The predicted octanol–water partition coefficient (Wildman–Crippen LogP) is 3.84. The lowest BCUT2D eigenvalue weighted by atomic mass is 10.1. The Labute approximate surface area is 109 Å². The maximum atomic E-state index is 12.0. The summed E-state index contributed by atoms with van der Waals surface area (Å²) in [6.07, 6.45) is 0.345. The average molecular weight is 267 g/mol. The van der Waals surface area contributed by atoms with Crippen molar-refractivity contribution < 1.29 is 9.53 Å². The second kappa shape index (κ2) is 5.34. The Morgan fingerprint density at radius 3 is 2.88 bits per heavy atom. The van der Waals surface area contributed by atoms with Crippen LogP contribution in [0.1, 0.15) is 15.2 Å². The van der Waals surface area contributed by atoms with Crippen LogP contribution >= 0.6 is 22.9 Å². The van der Waals surface area contributed by atoms with Crippen molar-refractivity contribution in [1.29, 1.82) is 0 Å². The van der Waals surface area contributed by atoms with Gasteiger partial charge in [-0.2, -0.15) is 0 Å². The number of halogens is 1. The van der Waals surface area contributed by atoms with Gasteiger partial charge in [0, 0.05) is 6.42 Å². The van der Waals surface area contributed by atoms with Crippen LogP contribution in [0.4, 0.5) is 0 Å². The van der Waals surface area contributed by atoms with Crippen LogP contribution in [-0.2, 0) is 6.42 Å². The number of ether oxygens (including phenoxy) is 1. The average Bonchev–Trinajstić information content (AvgIpc) is 2.76. The van der Waals surface area contributed by atoms with Crippen molar-refractivity contribution in [2.75, 3.05) is 7.11 Å². The first-order valence-corrected chi connectivity index (χ1v) is 6.35. The molecule has 0 unspecified atom stereocenters. The Hall–Kier alpha value is -1.32. The van der Waals surface area contributed by atoms with Gasteiger partial charge in [-0.25, -0.2) is 0 Å². The molecule has 2 nitrogen and oxygen atoms in total. The van der Waals surface area contributed by atoms with E-state index in [9.17, 15) is 4.79 Å². The van der Waals surface area contributed by atoms with Crippen molar-refractivity contribution in [3.8, 4) is 5.75 Å². The third-order valence-corrected chi connectivity index (χ3v) is 3.75. The maximum absolute atomic E-state index is 12.0. The fourth-order valence-electron chi connectivity index (χ4n) is 1.54. The second-order valence-electron chi connectivity index (χ2n) is 3.55. The molecular weight excluding hydrogens is 256 g/mol. The molecule has 0 N–H and O–H groups in total. The van der Waals surface area contributed by atoms with Crippen LogP contribution in [-0.4, -0.2) is 12.9 Å². The monoisotopic (exact) mass is 266 g/mol. The van der Waals surface area contributed by atoms with Gasteiger partial charge in [-0.1, -0.05) is 23.7 Å². The molecule has 0 saturated carbocycles. The highest BCUT2D eigenvalue weighted by Gasteiger charge is 2.12. The summed E-state index contributed by atoms with van der Waals surface area (Å²) in [6, 6.07) is 9.23. The van der Waals surface area contributed by atoms with E-state index >= 15 is 0 Å². The summed E-state index contributed by atoms with van der Waals surface area (Å²) >= 11 is 7.30. The quantitative estimate of drug-likeness (QED) is 0.786. The van der Waals surface area contributed by atoms with E-state index in [1.54, 1.807) is 13.2 Å². The van der Waals surface area contributed by atoms with E-state index in [0.29, 0.717) is 16.3 Å². The number of benzene rings is 1. The SMILES string of the molecule is COc1cccc(CC(=O)c2sccc2Cl)c1. The molecule has 1 aromatic carbocycles. The number of Topliss-reactive ketones (excluding diaryl/α,β-unsaturated/α-hetero) is 1. The fraction of sp³-hybridized carbons (Fsp3) is 0.154. The summed E-state index contributed by atoms with van der Waals surface area (Å²) in [7, 11) is 1.61. The largest absolute Gasteiger partial charge is 0.497 e. The van der Waals surface area contributed by atoms with Crippen molar-refractivity contribution in [2.45, 2.75) is 6.42 Å². The standard InChI is InChI=1S/C13H11ClO2S/c1-16-10-4-2-3-9(7-10)8-12(15)13-11(14)5-6-17-13/h2-7H,8H2,1H3. The molecule has 0 saturated heterocycles. The van der Waals surface area contributed by atoms with Gasteiger partial charge < -0.3 is 4.74 Å². The van der Waals surface area contributed by atoms with Crippen LogP contribution in [0.3, 0.4) is 0 Å². The van der Waals surface area contributed by atoms with E-state index in [1.165, 1.54) is 11.3 Å². The van der Waals surface area contributed by atoms with Gasteiger partial charge >= 0.3 is 0 Å². The smallest absolute Gasteiger partial charge is 0.178 e. The maximum Gasteiger partial charge on any atom is 0.178 e. The normalized spacial score (nSPS) is 10.2. The van der Waals surface area contributed by atoms with E-state index in [1.807, 2.05) is 29.6 Å². The topological polar surface area (TPSA) is 26.3 Å². The first-order valence-electron chi connectivity index (χ1n) is 5.10. The highest BCUT2D eigenvalue weighted by Crippen LogP contribution is 2.24. The second-order valence-corrected chi connectivity index (χ2v) is 4.87. The van der Waals surface area contributed by atoms with Crippen LogP contribution in [0.2, 0.25) is 5.02 Å². The molecule has 1 aromatic heterocycles. The highest BCUT2D eigenvalue weighted by atomic mass is 35.5. The number of rotatable bonds is 4. The summed E-state index contributed by atoms with van der Waals surface area (Å²) in [5.41, 5.74) is 0.929. The lowest BCUT2D eigenvalue weighted by Gasteiger charge is -2.03. The third-order valence-electron chi connectivity index (χ3n) is 2.37. The zero-order valence-electron chi connectivity index (χ0n) is 9.27. The van der Waals surface area contributed by atoms with Crippen LogP contribution in [0.5, 0.6) is 5.75 Å². The van der Waals surface area contributed by atoms with Gasteiger partial charge in [-0.15, -0.1) is 11.3 Å². The number of thiophene rings is 1. The Morgan fingerprint density at radius 2 is 2.24 bits per heavy atom. The number of ketones is 1. The molecular formula is C13H11ClO2S. The first kappa shape index (κ1) is 12.1. The van der Waals surface area contributed by atoms with Gasteiger partial charge in [0.15, 0.2) is 5.78 Å². The van der Waals surface area contributed by atoms with E-state index in [0.717, 1.165) is 11.3 Å². The van der Waals surface area contributed by atoms with E-state index in [-0.39, 0.29) is 5.78 Å². The summed E-state index contributed by atoms with van der Waals surface area (Å²) in [5.74, 6) is 0.797. The zero-order chi connectivity index (χ0) is 12.3. The number of hydrogen-bond donors (Lipinski definition) is 0. The number of methoxy groups -OCH3 is 1. The van der Waals surface area contributed by atoms with E-state index in [4.69, 9.17) is 16.3 Å². The molecule has 0 aliphatic carbocycles. The minimum absolute atomic E-state index is 0.0400. The molecule has 1 heterocycles.